The first-order chi connectivity index (χ1) is 14.6. The average molecular weight is 403 g/mol. The average Bonchev–Trinajstić information content (AvgIpc) is 2.76. The van der Waals surface area contributed by atoms with Gasteiger partial charge in [-0.25, -0.2) is 0 Å². The molecule has 3 rings (SSSR count). The van der Waals surface area contributed by atoms with Crippen molar-refractivity contribution in [2.45, 2.75) is 32.6 Å². The summed E-state index contributed by atoms with van der Waals surface area (Å²) >= 11 is 0. The van der Waals surface area contributed by atoms with Gasteiger partial charge in [0.2, 0.25) is 5.91 Å². The summed E-state index contributed by atoms with van der Waals surface area (Å²) in [5.74, 6) is 1.07. The number of rotatable bonds is 10. The maximum Gasteiger partial charge on any atom is 0.243 e. The summed E-state index contributed by atoms with van der Waals surface area (Å²) in [5, 5.41) is 6.18. The Labute approximate surface area is 179 Å². The molecule has 2 N–H and O–H groups in total. The predicted molar refractivity (Wildman–Crippen MR) is 124 cm³/mol. The molecule has 0 heterocycles. The number of anilines is 2. The van der Waals surface area contributed by atoms with Crippen LogP contribution >= 0.6 is 0 Å². The van der Waals surface area contributed by atoms with Gasteiger partial charge in [0, 0.05) is 17.4 Å². The summed E-state index contributed by atoms with van der Waals surface area (Å²) in [6, 6.07) is 26.0. The van der Waals surface area contributed by atoms with Gasteiger partial charge in [0.1, 0.15) is 5.75 Å². The summed E-state index contributed by atoms with van der Waals surface area (Å²) in [5.41, 5.74) is 4.25. The zero-order valence-corrected chi connectivity index (χ0v) is 17.7. The van der Waals surface area contributed by atoms with Crippen molar-refractivity contribution in [3.05, 3.63) is 90.0 Å². The molecule has 0 bridgehead atoms. The van der Waals surface area contributed by atoms with Crippen molar-refractivity contribution < 1.29 is 9.53 Å². The summed E-state index contributed by atoms with van der Waals surface area (Å²) < 4.78 is 5.85. The zero-order valence-electron chi connectivity index (χ0n) is 17.7. The highest BCUT2D eigenvalue weighted by atomic mass is 16.5. The molecule has 3 aromatic carbocycles. The van der Waals surface area contributed by atoms with E-state index in [-0.39, 0.29) is 12.5 Å². The van der Waals surface area contributed by atoms with Gasteiger partial charge in [0.15, 0.2) is 0 Å². The number of ether oxygens (including phenoxy) is 1. The van der Waals surface area contributed by atoms with E-state index in [9.17, 15) is 4.79 Å². The molecular formula is C26H30N2O2. The fraction of sp³-hybridized carbons (Fsp3) is 0.269. The minimum atomic E-state index is -0.0882. The van der Waals surface area contributed by atoms with Gasteiger partial charge in [-0.05, 0) is 48.1 Å². The lowest BCUT2D eigenvalue weighted by atomic mass is 10.0. The first-order valence-corrected chi connectivity index (χ1v) is 10.5. The van der Waals surface area contributed by atoms with Crippen LogP contribution in [0.15, 0.2) is 78.9 Å². The number of benzene rings is 3. The van der Waals surface area contributed by atoms with Crippen molar-refractivity contribution in [3.63, 3.8) is 0 Å². The third-order valence-electron chi connectivity index (χ3n) is 4.86. The second-order valence-electron chi connectivity index (χ2n) is 7.61. The zero-order chi connectivity index (χ0) is 21.2. The van der Waals surface area contributed by atoms with E-state index in [0.29, 0.717) is 12.5 Å². The van der Waals surface area contributed by atoms with Crippen LogP contribution in [0.4, 0.5) is 11.4 Å². The van der Waals surface area contributed by atoms with E-state index in [1.54, 1.807) is 0 Å². The molecule has 3 aromatic rings. The van der Waals surface area contributed by atoms with E-state index in [0.717, 1.165) is 30.0 Å². The molecule has 0 atom stereocenters. The van der Waals surface area contributed by atoms with Crippen LogP contribution < -0.4 is 15.4 Å². The van der Waals surface area contributed by atoms with Gasteiger partial charge in [-0.2, -0.15) is 0 Å². The lowest BCUT2D eigenvalue weighted by molar-refractivity contribution is -0.114. The van der Waals surface area contributed by atoms with Crippen LogP contribution in [0.3, 0.4) is 0 Å². The highest BCUT2D eigenvalue weighted by molar-refractivity contribution is 5.94. The molecule has 0 aliphatic rings. The molecule has 0 aliphatic heterocycles. The Morgan fingerprint density at radius 1 is 0.933 bits per heavy atom. The van der Waals surface area contributed by atoms with E-state index in [4.69, 9.17) is 4.74 Å². The van der Waals surface area contributed by atoms with E-state index in [1.165, 1.54) is 11.1 Å². The smallest absolute Gasteiger partial charge is 0.243 e. The van der Waals surface area contributed by atoms with E-state index in [1.807, 2.05) is 48.5 Å². The van der Waals surface area contributed by atoms with E-state index >= 15 is 0 Å². The van der Waals surface area contributed by atoms with Crippen molar-refractivity contribution in [1.82, 2.24) is 0 Å². The molecule has 30 heavy (non-hydrogen) atoms. The second-order valence-corrected chi connectivity index (χ2v) is 7.61. The lowest BCUT2D eigenvalue weighted by Gasteiger charge is -2.14. The molecule has 0 fully saturated rings. The Morgan fingerprint density at radius 2 is 1.70 bits per heavy atom. The molecule has 1 amide bonds. The molecule has 0 radical (unpaired) electrons. The summed E-state index contributed by atoms with van der Waals surface area (Å²) in [6.45, 7) is 5.14. The minimum absolute atomic E-state index is 0.0882. The lowest BCUT2D eigenvalue weighted by Crippen LogP contribution is -2.22. The Kier molecular flexibility index (Phi) is 7.90. The number of para-hydroxylation sites is 1. The van der Waals surface area contributed by atoms with Crippen LogP contribution in [-0.2, 0) is 11.2 Å². The highest BCUT2D eigenvalue weighted by Gasteiger charge is 2.08. The van der Waals surface area contributed by atoms with Gasteiger partial charge in [-0.1, -0.05) is 68.4 Å². The molecule has 0 spiro atoms. The van der Waals surface area contributed by atoms with Crippen LogP contribution in [-0.4, -0.2) is 19.1 Å². The number of carbonyl (C=O) groups is 1. The van der Waals surface area contributed by atoms with Gasteiger partial charge in [0.25, 0.3) is 0 Å². The number of amides is 1. The quantitative estimate of drug-likeness (QED) is 0.417. The van der Waals surface area contributed by atoms with Crippen molar-refractivity contribution in [2.75, 3.05) is 23.8 Å². The predicted octanol–water partition coefficient (Wildman–Crippen LogP) is 5.87. The van der Waals surface area contributed by atoms with Crippen LogP contribution in [0.5, 0.6) is 5.75 Å². The van der Waals surface area contributed by atoms with Gasteiger partial charge >= 0.3 is 0 Å². The molecular weight excluding hydrogens is 372 g/mol. The second kappa shape index (κ2) is 11.1. The van der Waals surface area contributed by atoms with Crippen molar-refractivity contribution in [1.29, 1.82) is 0 Å². The van der Waals surface area contributed by atoms with Crippen LogP contribution in [0.25, 0.3) is 0 Å². The number of nitrogens with one attached hydrogen (secondary N) is 2. The molecule has 0 saturated heterocycles. The van der Waals surface area contributed by atoms with Gasteiger partial charge in [0.05, 0.1) is 13.2 Å². The number of hydrogen-bond donors (Lipinski definition) is 2. The third kappa shape index (κ3) is 6.66. The molecule has 0 aromatic heterocycles. The third-order valence-corrected chi connectivity index (χ3v) is 4.86. The minimum Gasteiger partial charge on any atom is -0.494 e. The Hall–Kier alpha value is -3.27. The standard InChI is InChI=1S/C26H30N2O2/c1-20(2)24-15-6-7-16-25(24)27-19-26(29)28-22-13-8-14-23(18-22)30-17-9-12-21-10-4-3-5-11-21/h3-8,10-11,13-16,18,20,27H,9,12,17,19H2,1-2H3,(H,28,29). The van der Waals surface area contributed by atoms with Gasteiger partial charge in [-0.15, -0.1) is 0 Å². The first kappa shape index (κ1) is 21.4. The highest BCUT2D eigenvalue weighted by Crippen LogP contribution is 2.23. The molecule has 0 unspecified atom stereocenters. The molecule has 4 nitrogen and oxygen atoms in total. The topological polar surface area (TPSA) is 50.4 Å². The van der Waals surface area contributed by atoms with E-state index in [2.05, 4.69) is 54.8 Å². The largest absolute Gasteiger partial charge is 0.494 e. The number of aryl methyl sites for hydroxylation is 1. The van der Waals surface area contributed by atoms with Crippen molar-refractivity contribution in [2.24, 2.45) is 0 Å². The summed E-state index contributed by atoms with van der Waals surface area (Å²) in [6.07, 6.45) is 1.93. The Balaban J connectivity index is 1.46. The molecule has 156 valence electrons. The van der Waals surface area contributed by atoms with Gasteiger partial charge in [-0.3, -0.25) is 4.79 Å². The molecule has 0 aliphatic carbocycles. The number of carbonyl (C=O) groups excluding carboxylic acids is 1. The summed E-state index contributed by atoms with van der Waals surface area (Å²) in [4.78, 5) is 12.4. The molecule has 0 saturated carbocycles. The number of hydrogen-bond acceptors (Lipinski definition) is 3. The first-order valence-electron chi connectivity index (χ1n) is 10.5. The fourth-order valence-corrected chi connectivity index (χ4v) is 3.32. The summed E-state index contributed by atoms with van der Waals surface area (Å²) in [7, 11) is 0. The van der Waals surface area contributed by atoms with Crippen molar-refractivity contribution in [3.8, 4) is 5.75 Å². The maximum atomic E-state index is 12.4. The van der Waals surface area contributed by atoms with E-state index < -0.39 is 0 Å². The van der Waals surface area contributed by atoms with Crippen molar-refractivity contribution >= 4 is 17.3 Å². The Bertz CT molecular complexity index is 939. The monoisotopic (exact) mass is 402 g/mol. The van der Waals surface area contributed by atoms with Crippen LogP contribution in [0.1, 0.15) is 37.3 Å². The Morgan fingerprint density at radius 3 is 2.50 bits per heavy atom. The SMILES string of the molecule is CC(C)c1ccccc1NCC(=O)Nc1cccc(OCCCc2ccccc2)c1. The van der Waals surface area contributed by atoms with Crippen LogP contribution in [0, 0.1) is 0 Å². The normalized spacial score (nSPS) is 10.6. The van der Waals surface area contributed by atoms with Gasteiger partial charge < -0.3 is 15.4 Å². The fourth-order valence-electron chi connectivity index (χ4n) is 3.32. The van der Waals surface area contributed by atoms with Crippen LogP contribution in [0.2, 0.25) is 0 Å². The molecule has 4 heteroatoms. The maximum absolute atomic E-state index is 12.4.